The normalized spacial score (nSPS) is 29.3. The third-order valence-electron chi connectivity index (χ3n) is 2.49. The second-order valence-corrected chi connectivity index (χ2v) is 3.09. The fourth-order valence-electron chi connectivity index (χ4n) is 1.33. The first-order valence-corrected chi connectivity index (χ1v) is 3.46. The van der Waals surface area contributed by atoms with Gasteiger partial charge >= 0.3 is 0 Å². The van der Waals surface area contributed by atoms with Crippen LogP contribution in [0.5, 0.6) is 0 Å². The quantitative estimate of drug-likeness (QED) is 0.572. The van der Waals surface area contributed by atoms with Crippen molar-refractivity contribution in [2.24, 2.45) is 5.41 Å². The molecule has 2 nitrogen and oxygen atoms in total. The molecule has 0 amide bonds. The Labute approximate surface area is 55.5 Å². The van der Waals surface area contributed by atoms with Gasteiger partial charge in [0.2, 0.25) is 0 Å². The van der Waals surface area contributed by atoms with Gasteiger partial charge < -0.3 is 10.2 Å². The molecule has 1 rings (SSSR count). The van der Waals surface area contributed by atoms with Crippen LogP contribution in [0.25, 0.3) is 0 Å². The zero-order valence-electron chi connectivity index (χ0n) is 5.96. The Hall–Kier alpha value is -0.0800. The zero-order valence-corrected chi connectivity index (χ0v) is 5.96. The number of aliphatic hydroxyl groups excluding tert-OH is 2. The Balaban J connectivity index is 2.52. The van der Waals surface area contributed by atoms with E-state index in [1.807, 2.05) is 0 Å². The van der Waals surface area contributed by atoms with Gasteiger partial charge in [-0.05, 0) is 26.7 Å². The molecule has 0 bridgehead atoms. The molecule has 1 saturated carbocycles. The van der Waals surface area contributed by atoms with Crippen LogP contribution < -0.4 is 0 Å². The first-order chi connectivity index (χ1) is 4.09. The van der Waals surface area contributed by atoms with Crippen molar-refractivity contribution in [2.45, 2.75) is 38.9 Å². The number of aliphatic hydroxyl groups is 2. The van der Waals surface area contributed by atoms with E-state index in [1.165, 1.54) is 0 Å². The Morgan fingerprint density at radius 2 is 1.44 bits per heavy atom. The molecule has 0 aliphatic heterocycles. The maximum Gasteiger partial charge on any atom is 0.0592 e. The van der Waals surface area contributed by atoms with E-state index in [0.29, 0.717) is 0 Å². The predicted molar refractivity (Wildman–Crippen MR) is 35.0 cm³/mol. The molecule has 0 radical (unpaired) electrons. The smallest absolute Gasteiger partial charge is 0.0592 e. The molecule has 1 aliphatic carbocycles. The first-order valence-electron chi connectivity index (χ1n) is 3.46. The number of hydrogen-bond donors (Lipinski definition) is 2. The molecular formula is C7H14O2. The van der Waals surface area contributed by atoms with E-state index >= 15 is 0 Å². The van der Waals surface area contributed by atoms with Crippen molar-refractivity contribution in [3.05, 3.63) is 0 Å². The van der Waals surface area contributed by atoms with Crippen LogP contribution in [0.1, 0.15) is 26.7 Å². The van der Waals surface area contributed by atoms with E-state index in [9.17, 15) is 0 Å². The maximum absolute atomic E-state index is 9.15. The lowest BCUT2D eigenvalue weighted by Crippen LogP contribution is -2.29. The van der Waals surface area contributed by atoms with E-state index in [2.05, 4.69) is 0 Å². The van der Waals surface area contributed by atoms with Crippen LogP contribution >= 0.6 is 0 Å². The van der Waals surface area contributed by atoms with Gasteiger partial charge in [0.15, 0.2) is 0 Å². The Morgan fingerprint density at radius 3 is 1.44 bits per heavy atom. The van der Waals surface area contributed by atoms with Gasteiger partial charge in [-0.2, -0.15) is 0 Å². The summed E-state index contributed by atoms with van der Waals surface area (Å²) in [4.78, 5) is 0. The van der Waals surface area contributed by atoms with Crippen molar-refractivity contribution >= 4 is 0 Å². The van der Waals surface area contributed by atoms with Crippen molar-refractivity contribution in [2.75, 3.05) is 0 Å². The van der Waals surface area contributed by atoms with Gasteiger partial charge in [0, 0.05) is 5.41 Å². The summed E-state index contributed by atoms with van der Waals surface area (Å²) in [5, 5.41) is 18.3. The standard InChI is InChI=1S/C7H14O2/c1-5(8)7(3-4-7)6(2)9/h5-6,8-9H,3-4H2,1-2H3/t5-,6-/m0/s1. The third kappa shape index (κ3) is 0.970. The van der Waals surface area contributed by atoms with E-state index in [0.717, 1.165) is 12.8 Å². The highest BCUT2D eigenvalue weighted by Crippen LogP contribution is 2.51. The van der Waals surface area contributed by atoms with Crippen LogP contribution in [0.4, 0.5) is 0 Å². The minimum atomic E-state index is -0.350. The lowest BCUT2D eigenvalue weighted by atomic mass is 9.95. The summed E-state index contributed by atoms with van der Waals surface area (Å²) in [6.45, 7) is 3.50. The van der Waals surface area contributed by atoms with Gasteiger partial charge in [-0.3, -0.25) is 0 Å². The summed E-state index contributed by atoms with van der Waals surface area (Å²) in [5.74, 6) is 0. The molecule has 0 aromatic heterocycles. The van der Waals surface area contributed by atoms with Crippen molar-refractivity contribution < 1.29 is 10.2 Å². The van der Waals surface area contributed by atoms with Gasteiger partial charge in [0.05, 0.1) is 12.2 Å². The predicted octanol–water partition coefficient (Wildman–Crippen LogP) is 0.528. The van der Waals surface area contributed by atoms with Crippen LogP contribution in [0.2, 0.25) is 0 Å². The lowest BCUT2D eigenvalue weighted by molar-refractivity contribution is 0.0143. The van der Waals surface area contributed by atoms with E-state index < -0.39 is 0 Å². The van der Waals surface area contributed by atoms with Gasteiger partial charge in [-0.25, -0.2) is 0 Å². The Morgan fingerprint density at radius 1 is 1.11 bits per heavy atom. The van der Waals surface area contributed by atoms with Gasteiger partial charge in [0.1, 0.15) is 0 Å². The monoisotopic (exact) mass is 130 g/mol. The van der Waals surface area contributed by atoms with Gasteiger partial charge in [0.25, 0.3) is 0 Å². The number of rotatable bonds is 2. The summed E-state index contributed by atoms with van der Waals surface area (Å²) < 4.78 is 0. The summed E-state index contributed by atoms with van der Waals surface area (Å²) in [7, 11) is 0. The lowest BCUT2D eigenvalue weighted by Gasteiger charge is -2.21. The highest BCUT2D eigenvalue weighted by atomic mass is 16.3. The molecule has 1 aliphatic rings. The van der Waals surface area contributed by atoms with Crippen molar-refractivity contribution in [3.63, 3.8) is 0 Å². The number of hydrogen-bond acceptors (Lipinski definition) is 2. The maximum atomic E-state index is 9.15. The fourth-order valence-corrected chi connectivity index (χ4v) is 1.33. The van der Waals surface area contributed by atoms with Gasteiger partial charge in [-0.15, -0.1) is 0 Å². The van der Waals surface area contributed by atoms with Crippen molar-refractivity contribution in [3.8, 4) is 0 Å². The molecule has 9 heavy (non-hydrogen) atoms. The molecule has 0 spiro atoms. The molecule has 2 atom stereocenters. The fraction of sp³-hybridized carbons (Fsp3) is 1.00. The summed E-state index contributed by atoms with van der Waals surface area (Å²) in [6.07, 6.45) is 1.25. The second-order valence-electron chi connectivity index (χ2n) is 3.09. The SMILES string of the molecule is C[C@H](O)C1([C@H](C)O)CC1. The molecule has 0 saturated heterocycles. The highest BCUT2D eigenvalue weighted by Gasteiger charge is 2.50. The molecule has 54 valence electrons. The first kappa shape index (κ1) is 7.03. The largest absolute Gasteiger partial charge is 0.393 e. The van der Waals surface area contributed by atoms with E-state index in [4.69, 9.17) is 10.2 Å². The van der Waals surface area contributed by atoms with Crippen molar-refractivity contribution in [1.82, 2.24) is 0 Å². The minimum Gasteiger partial charge on any atom is -0.393 e. The van der Waals surface area contributed by atoms with E-state index in [-0.39, 0.29) is 17.6 Å². The molecule has 0 heterocycles. The molecule has 0 aromatic rings. The molecule has 2 N–H and O–H groups in total. The third-order valence-corrected chi connectivity index (χ3v) is 2.49. The van der Waals surface area contributed by atoms with Crippen molar-refractivity contribution in [1.29, 1.82) is 0 Å². The van der Waals surface area contributed by atoms with Crippen LogP contribution in [0.3, 0.4) is 0 Å². The second kappa shape index (κ2) is 1.96. The summed E-state index contributed by atoms with van der Waals surface area (Å²) >= 11 is 0. The average Bonchev–Trinajstić information content (AvgIpc) is 2.40. The molecular weight excluding hydrogens is 116 g/mol. The Kier molecular flexibility index (Phi) is 1.53. The van der Waals surface area contributed by atoms with Crippen LogP contribution in [-0.4, -0.2) is 22.4 Å². The Bertz CT molecular complexity index is 93.5. The average molecular weight is 130 g/mol. The topological polar surface area (TPSA) is 40.5 Å². The molecule has 0 aromatic carbocycles. The van der Waals surface area contributed by atoms with Crippen LogP contribution in [0.15, 0.2) is 0 Å². The molecule has 1 fully saturated rings. The minimum absolute atomic E-state index is 0.139. The van der Waals surface area contributed by atoms with Gasteiger partial charge in [-0.1, -0.05) is 0 Å². The summed E-state index contributed by atoms with van der Waals surface area (Å²) in [6, 6.07) is 0. The highest BCUT2D eigenvalue weighted by molar-refractivity contribution is 5.00. The van der Waals surface area contributed by atoms with Crippen LogP contribution in [0, 0.1) is 5.41 Å². The molecule has 0 unspecified atom stereocenters. The van der Waals surface area contributed by atoms with Crippen LogP contribution in [-0.2, 0) is 0 Å². The molecule has 2 heteroatoms. The van der Waals surface area contributed by atoms with E-state index in [1.54, 1.807) is 13.8 Å². The summed E-state index contributed by atoms with van der Waals surface area (Å²) in [5.41, 5.74) is -0.139. The zero-order chi connectivity index (χ0) is 7.07.